The van der Waals surface area contributed by atoms with Crippen molar-refractivity contribution in [1.29, 1.82) is 0 Å². The maximum Gasteiger partial charge on any atom is 0.0415 e. The van der Waals surface area contributed by atoms with Crippen LogP contribution in [0.5, 0.6) is 0 Å². The van der Waals surface area contributed by atoms with Crippen molar-refractivity contribution in [1.82, 2.24) is 0 Å². The molecule has 22 heavy (non-hydrogen) atoms. The van der Waals surface area contributed by atoms with Crippen LogP contribution >= 0.6 is 0 Å². The van der Waals surface area contributed by atoms with E-state index in [9.17, 15) is 0 Å². The molecule has 0 heterocycles. The predicted octanol–water partition coefficient (Wildman–Crippen LogP) is 5.79. The SMILES string of the molecule is Cc1ccc(Nc2ccc(Nc3ccccc3)cc2C)cc1. The molecule has 0 amide bonds. The van der Waals surface area contributed by atoms with E-state index in [0.717, 1.165) is 22.7 Å². The van der Waals surface area contributed by atoms with Crippen molar-refractivity contribution in [2.75, 3.05) is 10.6 Å². The van der Waals surface area contributed by atoms with E-state index < -0.39 is 0 Å². The Bertz CT molecular complexity index is 746. The number of nitrogens with one attached hydrogen (secondary N) is 2. The molecule has 0 spiro atoms. The molecule has 0 aliphatic carbocycles. The molecule has 0 aliphatic heterocycles. The first-order valence-electron chi connectivity index (χ1n) is 7.47. The summed E-state index contributed by atoms with van der Waals surface area (Å²) in [5, 5.41) is 6.88. The molecular weight excluding hydrogens is 268 g/mol. The molecule has 0 atom stereocenters. The van der Waals surface area contributed by atoms with E-state index in [1.54, 1.807) is 0 Å². The van der Waals surface area contributed by atoms with Crippen molar-refractivity contribution in [2.45, 2.75) is 13.8 Å². The average Bonchev–Trinajstić information content (AvgIpc) is 2.53. The molecule has 3 aromatic carbocycles. The molecule has 0 fully saturated rings. The molecule has 2 heteroatoms. The van der Waals surface area contributed by atoms with Gasteiger partial charge >= 0.3 is 0 Å². The Kier molecular flexibility index (Phi) is 4.10. The summed E-state index contributed by atoms with van der Waals surface area (Å²) in [5.41, 5.74) is 6.91. The van der Waals surface area contributed by atoms with Crippen LogP contribution in [-0.2, 0) is 0 Å². The zero-order chi connectivity index (χ0) is 15.4. The summed E-state index contributed by atoms with van der Waals surface area (Å²) in [5.74, 6) is 0. The fraction of sp³-hybridized carbons (Fsp3) is 0.100. The molecule has 3 rings (SSSR count). The van der Waals surface area contributed by atoms with Gasteiger partial charge in [0.1, 0.15) is 0 Å². The Labute approximate surface area is 131 Å². The Morgan fingerprint density at radius 1 is 0.591 bits per heavy atom. The highest BCUT2D eigenvalue weighted by Gasteiger charge is 2.01. The van der Waals surface area contributed by atoms with Gasteiger partial charge < -0.3 is 10.6 Å². The third-order valence-corrected chi connectivity index (χ3v) is 3.62. The van der Waals surface area contributed by atoms with Gasteiger partial charge in [-0.3, -0.25) is 0 Å². The summed E-state index contributed by atoms with van der Waals surface area (Å²) in [6.07, 6.45) is 0. The molecule has 0 saturated carbocycles. The van der Waals surface area contributed by atoms with Crippen molar-refractivity contribution in [3.63, 3.8) is 0 Å². The lowest BCUT2D eigenvalue weighted by molar-refractivity contribution is 1.40. The molecule has 2 N–H and O–H groups in total. The monoisotopic (exact) mass is 288 g/mol. The number of para-hydroxylation sites is 1. The topological polar surface area (TPSA) is 24.1 Å². The van der Waals surface area contributed by atoms with Crippen LogP contribution in [0.2, 0.25) is 0 Å². The highest BCUT2D eigenvalue weighted by atomic mass is 14.9. The van der Waals surface area contributed by atoms with Crippen LogP contribution < -0.4 is 10.6 Å². The summed E-state index contributed by atoms with van der Waals surface area (Å²) in [6, 6.07) is 25.0. The normalized spacial score (nSPS) is 10.3. The van der Waals surface area contributed by atoms with Crippen LogP contribution in [0.25, 0.3) is 0 Å². The minimum Gasteiger partial charge on any atom is -0.356 e. The van der Waals surface area contributed by atoms with Gasteiger partial charge in [-0.1, -0.05) is 35.9 Å². The van der Waals surface area contributed by atoms with Gasteiger partial charge in [-0.15, -0.1) is 0 Å². The molecule has 3 aromatic rings. The van der Waals surface area contributed by atoms with Gasteiger partial charge in [0.15, 0.2) is 0 Å². The fourth-order valence-corrected chi connectivity index (χ4v) is 2.36. The minimum atomic E-state index is 1.10. The van der Waals surface area contributed by atoms with Gasteiger partial charge in [-0.25, -0.2) is 0 Å². The van der Waals surface area contributed by atoms with Gasteiger partial charge in [0, 0.05) is 22.7 Å². The molecule has 110 valence electrons. The lowest BCUT2D eigenvalue weighted by atomic mass is 10.1. The smallest absolute Gasteiger partial charge is 0.0415 e. The van der Waals surface area contributed by atoms with E-state index in [-0.39, 0.29) is 0 Å². The first-order chi connectivity index (χ1) is 10.7. The molecule has 0 radical (unpaired) electrons. The van der Waals surface area contributed by atoms with Crippen molar-refractivity contribution in [2.24, 2.45) is 0 Å². The number of anilines is 4. The largest absolute Gasteiger partial charge is 0.356 e. The minimum absolute atomic E-state index is 1.10. The van der Waals surface area contributed by atoms with E-state index in [1.165, 1.54) is 11.1 Å². The van der Waals surface area contributed by atoms with Crippen LogP contribution in [0.15, 0.2) is 72.8 Å². The summed E-state index contributed by atoms with van der Waals surface area (Å²) in [6.45, 7) is 4.21. The Morgan fingerprint density at radius 2 is 1.23 bits per heavy atom. The van der Waals surface area contributed by atoms with Gasteiger partial charge in [0.25, 0.3) is 0 Å². The summed E-state index contributed by atoms with van der Waals surface area (Å²) >= 11 is 0. The van der Waals surface area contributed by atoms with Crippen LogP contribution in [0, 0.1) is 13.8 Å². The first-order valence-corrected chi connectivity index (χ1v) is 7.47. The van der Waals surface area contributed by atoms with E-state index in [2.05, 4.69) is 79.1 Å². The molecule has 0 unspecified atom stereocenters. The summed E-state index contributed by atoms with van der Waals surface area (Å²) < 4.78 is 0. The van der Waals surface area contributed by atoms with E-state index in [1.807, 2.05) is 18.2 Å². The highest BCUT2D eigenvalue weighted by molar-refractivity contribution is 5.69. The average molecular weight is 288 g/mol. The first kappa shape index (κ1) is 14.2. The standard InChI is InChI=1S/C20H20N2/c1-15-8-10-18(11-9-15)22-20-13-12-19(14-16(20)2)21-17-6-4-3-5-7-17/h3-14,21-22H,1-2H3. The van der Waals surface area contributed by atoms with Gasteiger partial charge in [0.05, 0.1) is 0 Å². The van der Waals surface area contributed by atoms with Gasteiger partial charge in [0.2, 0.25) is 0 Å². The maximum absolute atomic E-state index is 3.46. The van der Waals surface area contributed by atoms with Crippen LogP contribution in [0.3, 0.4) is 0 Å². The second kappa shape index (κ2) is 6.35. The third kappa shape index (κ3) is 3.47. The molecule has 0 aromatic heterocycles. The molecular formula is C20H20N2. The Morgan fingerprint density at radius 3 is 1.91 bits per heavy atom. The number of rotatable bonds is 4. The quantitative estimate of drug-likeness (QED) is 0.635. The highest BCUT2D eigenvalue weighted by Crippen LogP contribution is 2.25. The maximum atomic E-state index is 3.46. The zero-order valence-corrected chi connectivity index (χ0v) is 12.9. The molecule has 0 aliphatic rings. The van der Waals surface area contributed by atoms with Crippen molar-refractivity contribution in [3.8, 4) is 0 Å². The summed E-state index contributed by atoms with van der Waals surface area (Å²) in [7, 11) is 0. The lowest BCUT2D eigenvalue weighted by Crippen LogP contribution is -1.95. The van der Waals surface area contributed by atoms with Crippen molar-refractivity contribution >= 4 is 22.7 Å². The lowest BCUT2D eigenvalue weighted by Gasteiger charge is -2.13. The van der Waals surface area contributed by atoms with E-state index in [0.29, 0.717) is 0 Å². The van der Waals surface area contributed by atoms with Crippen LogP contribution in [0.1, 0.15) is 11.1 Å². The van der Waals surface area contributed by atoms with Gasteiger partial charge in [-0.05, 0) is 61.9 Å². The zero-order valence-electron chi connectivity index (χ0n) is 12.9. The van der Waals surface area contributed by atoms with Crippen molar-refractivity contribution in [3.05, 3.63) is 83.9 Å². The van der Waals surface area contributed by atoms with Crippen LogP contribution in [-0.4, -0.2) is 0 Å². The Hall–Kier alpha value is -2.74. The molecule has 0 bridgehead atoms. The molecule has 2 nitrogen and oxygen atoms in total. The summed E-state index contributed by atoms with van der Waals surface area (Å²) in [4.78, 5) is 0. The predicted molar refractivity (Wildman–Crippen MR) is 95.4 cm³/mol. The number of hydrogen-bond donors (Lipinski definition) is 2. The number of hydrogen-bond acceptors (Lipinski definition) is 2. The Balaban J connectivity index is 1.76. The van der Waals surface area contributed by atoms with Gasteiger partial charge in [-0.2, -0.15) is 0 Å². The van der Waals surface area contributed by atoms with E-state index >= 15 is 0 Å². The van der Waals surface area contributed by atoms with Crippen LogP contribution in [0.4, 0.5) is 22.7 Å². The number of benzene rings is 3. The second-order valence-electron chi connectivity index (χ2n) is 5.51. The fourth-order valence-electron chi connectivity index (χ4n) is 2.36. The van der Waals surface area contributed by atoms with Crippen molar-refractivity contribution < 1.29 is 0 Å². The third-order valence-electron chi connectivity index (χ3n) is 3.62. The van der Waals surface area contributed by atoms with E-state index in [4.69, 9.17) is 0 Å². The molecule has 0 saturated heterocycles. The number of aryl methyl sites for hydroxylation is 2. The second-order valence-corrected chi connectivity index (χ2v) is 5.51.